The molecule has 31 heavy (non-hydrogen) atoms. The number of aromatic nitrogens is 1. The van der Waals surface area contributed by atoms with E-state index in [1.807, 2.05) is 0 Å². The zero-order chi connectivity index (χ0) is 22.6. The molecule has 1 aliphatic heterocycles. The Morgan fingerprint density at radius 1 is 1.52 bits per heavy atom. The standard InChI is InChI=1S/C15H19N5O8S2.Na.H/c1-4-28-9(21)5-7(2)12-11(14(23)20(12)30(24,25)26)18-13(22)10(19-27-3)8-6-29-15(16)17-8;;/h5-6,11-12H,4H2,1-3H3,(H2,16,17)(H,18,22)(H,24,25,26);;/q;+1;-1. The Balaban J connectivity index is 0.00000480. The van der Waals surface area contributed by atoms with E-state index < -0.39 is 40.2 Å². The quantitative estimate of drug-likeness (QED) is 0.0626. The van der Waals surface area contributed by atoms with Crippen molar-refractivity contribution in [2.75, 3.05) is 19.5 Å². The first kappa shape index (κ1) is 27.0. The molecule has 0 radical (unpaired) electrons. The molecule has 2 unspecified atom stereocenters. The van der Waals surface area contributed by atoms with E-state index in [1.54, 1.807) is 6.92 Å². The molecule has 1 aromatic heterocycles. The summed E-state index contributed by atoms with van der Waals surface area (Å²) in [5, 5.41) is 7.47. The van der Waals surface area contributed by atoms with Crippen LogP contribution >= 0.6 is 11.3 Å². The molecule has 166 valence electrons. The van der Waals surface area contributed by atoms with Crippen molar-refractivity contribution in [3.05, 3.63) is 22.7 Å². The summed E-state index contributed by atoms with van der Waals surface area (Å²) in [4.78, 5) is 45.2. The number of ether oxygens (including phenoxy) is 1. The van der Waals surface area contributed by atoms with Crippen LogP contribution in [0.4, 0.5) is 5.13 Å². The molecule has 16 heteroatoms. The Morgan fingerprint density at radius 3 is 2.65 bits per heavy atom. The second kappa shape index (κ2) is 11.0. The average Bonchev–Trinajstić information content (AvgIpc) is 3.06. The van der Waals surface area contributed by atoms with E-state index in [9.17, 15) is 27.4 Å². The van der Waals surface area contributed by atoms with Crippen LogP contribution in [0.25, 0.3) is 0 Å². The maximum atomic E-state index is 12.6. The number of nitrogens with two attached hydrogens (primary N) is 1. The number of nitrogen functional groups attached to an aromatic ring is 1. The number of thiazole rings is 1. The number of nitrogens with one attached hydrogen (secondary N) is 1. The summed E-state index contributed by atoms with van der Waals surface area (Å²) in [5.74, 6) is -2.80. The third-order valence-corrected chi connectivity index (χ3v) is 5.43. The number of rotatable bonds is 8. The van der Waals surface area contributed by atoms with Crippen molar-refractivity contribution >= 4 is 50.3 Å². The van der Waals surface area contributed by atoms with Crippen molar-refractivity contribution in [3.63, 3.8) is 0 Å². The van der Waals surface area contributed by atoms with Crippen LogP contribution in [0.3, 0.4) is 0 Å². The van der Waals surface area contributed by atoms with Crippen LogP contribution in [0.1, 0.15) is 21.0 Å². The van der Waals surface area contributed by atoms with Crippen LogP contribution in [0, 0.1) is 0 Å². The molecule has 0 aliphatic carbocycles. The first-order valence-electron chi connectivity index (χ1n) is 8.30. The Labute approximate surface area is 205 Å². The number of anilines is 1. The molecule has 1 aromatic rings. The molecule has 2 heterocycles. The van der Waals surface area contributed by atoms with E-state index in [4.69, 9.17) is 10.5 Å². The van der Waals surface area contributed by atoms with Crippen LogP contribution in [-0.2, 0) is 34.3 Å². The van der Waals surface area contributed by atoms with Crippen LogP contribution < -0.4 is 40.6 Å². The smallest absolute Gasteiger partial charge is 1.00 e. The maximum absolute atomic E-state index is 12.6. The normalized spacial score (nSPS) is 19.2. The minimum absolute atomic E-state index is 0. The van der Waals surface area contributed by atoms with Crippen molar-refractivity contribution in [1.29, 1.82) is 0 Å². The Hall–Kier alpha value is -2.04. The zero-order valence-corrected chi connectivity index (χ0v) is 20.7. The van der Waals surface area contributed by atoms with Gasteiger partial charge in [0.15, 0.2) is 10.8 Å². The van der Waals surface area contributed by atoms with E-state index in [0.29, 0.717) is 0 Å². The van der Waals surface area contributed by atoms with Gasteiger partial charge in [-0.05, 0) is 19.4 Å². The minimum Gasteiger partial charge on any atom is -1.00 e. The molecule has 4 N–H and O–H groups in total. The maximum Gasteiger partial charge on any atom is 1.00 e. The molecule has 0 saturated carbocycles. The monoisotopic (exact) mass is 485 g/mol. The number of carbonyl (C=O) groups is 3. The van der Waals surface area contributed by atoms with Crippen molar-refractivity contribution in [1.82, 2.24) is 14.6 Å². The topological polar surface area (TPSA) is 191 Å². The first-order chi connectivity index (χ1) is 14.0. The van der Waals surface area contributed by atoms with Gasteiger partial charge in [0.25, 0.3) is 11.8 Å². The van der Waals surface area contributed by atoms with Gasteiger partial charge in [-0.2, -0.15) is 8.42 Å². The van der Waals surface area contributed by atoms with Gasteiger partial charge in [-0.25, -0.2) is 14.1 Å². The van der Waals surface area contributed by atoms with E-state index >= 15 is 0 Å². The van der Waals surface area contributed by atoms with Gasteiger partial charge in [0.2, 0.25) is 0 Å². The predicted octanol–water partition coefficient (Wildman–Crippen LogP) is -3.80. The molecule has 0 bridgehead atoms. The minimum atomic E-state index is -4.95. The number of esters is 1. The largest absolute Gasteiger partial charge is 1.00 e. The van der Waals surface area contributed by atoms with Gasteiger partial charge in [0.1, 0.15) is 24.9 Å². The summed E-state index contributed by atoms with van der Waals surface area (Å²) in [6.07, 6.45) is 0.962. The molecule has 13 nitrogen and oxygen atoms in total. The molecular formula is C15H20N5NaO8S2. The Kier molecular flexibility index (Phi) is 9.59. The number of β-lactam (4-membered cyclic amide) rings is 1. The Morgan fingerprint density at radius 2 is 2.16 bits per heavy atom. The van der Waals surface area contributed by atoms with Gasteiger partial charge in [-0.3, -0.25) is 14.1 Å². The zero-order valence-electron chi connectivity index (χ0n) is 18.1. The fraction of sp³-hybridized carbons (Fsp3) is 0.400. The van der Waals surface area contributed by atoms with E-state index in [1.165, 1.54) is 19.4 Å². The second-order valence-electron chi connectivity index (χ2n) is 5.84. The molecule has 1 saturated heterocycles. The molecule has 1 fully saturated rings. The molecular weight excluding hydrogens is 465 g/mol. The molecule has 1 aliphatic rings. The van der Waals surface area contributed by atoms with Gasteiger partial charge in [-0.15, -0.1) is 11.3 Å². The number of carbonyl (C=O) groups excluding carboxylic acids is 3. The summed E-state index contributed by atoms with van der Waals surface area (Å²) in [6, 6.07) is -2.77. The fourth-order valence-corrected chi connectivity index (χ4v) is 4.13. The van der Waals surface area contributed by atoms with Gasteiger partial charge < -0.3 is 22.1 Å². The van der Waals surface area contributed by atoms with Crippen LogP contribution in [0.5, 0.6) is 0 Å². The van der Waals surface area contributed by atoms with Crippen LogP contribution in [0.2, 0.25) is 0 Å². The second-order valence-corrected chi connectivity index (χ2v) is 8.02. The fourth-order valence-electron chi connectivity index (χ4n) is 2.67. The predicted molar refractivity (Wildman–Crippen MR) is 106 cm³/mol. The van der Waals surface area contributed by atoms with Crippen LogP contribution in [-0.4, -0.2) is 71.6 Å². The van der Waals surface area contributed by atoms with Crippen molar-refractivity contribution < 1.29 is 67.9 Å². The number of hydrogen-bond acceptors (Lipinski definition) is 11. The summed E-state index contributed by atoms with van der Waals surface area (Å²) in [5.41, 5.74) is 5.36. The first-order valence-corrected chi connectivity index (χ1v) is 10.6. The summed E-state index contributed by atoms with van der Waals surface area (Å²) in [7, 11) is -3.76. The summed E-state index contributed by atoms with van der Waals surface area (Å²) < 4.78 is 37.4. The molecule has 2 amide bonds. The SMILES string of the molecule is CCOC(=O)C=C(C)C1C(NC(=O)C(=NOC)c2csc(N)n2)C(=O)N1S(=O)(=O)O.[H-].[Na+]. The van der Waals surface area contributed by atoms with E-state index in [-0.39, 0.29) is 64.0 Å². The van der Waals surface area contributed by atoms with Crippen molar-refractivity contribution in [2.45, 2.75) is 25.9 Å². The van der Waals surface area contributed by atoms with Crippen molar-refractivity contribution in [3.8, 4) is 0 Å². The third-order valence-electron chi connectivity index (χ3n) is 3.85. The van der Waals surface area contributed by atoms with E-state index in [2.05, 4.69) is 20.3 Å². The van der Waals surface area contributed by atoms with E-state index in [0.717, 1.165) is 17.4 Å². The number of amides is 2. The van der Waals surface area contributed by atoms with Gasteiger partial charge in [0.05, 0.1) is 6.61 Å². The summed E-state index contributed by atoms with van der Waals surface area (Å²) in [6.45, 7) is 2.99. The number of hydrogen-bond donors (Lipinski definition) is 3. The Bertz CT molecular complexity index is 1030. The van der Waals surface area contributed by atoms with Gasteiger partial charge in [0, 0.05) is 11.5 Å². The van der Waals surface area contributed by atoms with Gasteiger partial charge in [-0.1, -0.05) is 5.16 Å². The molecule has 2 rings (SSSR count). The molecule has 0 aromatic carbocycles. The van der Waals surface area contributed by atoms with Crippen LogP contribution in [0.15, 0.2) is 22.2 Å². The average molecular weight is 485 g/mol. The molecule has 0 spiro atoms. The number of oxime groups is 1. The number of nitrogens with zero attached hydrogens (tertiary/aromatic N) is 3. The third kappa shape index (κ3) is 6.24. The molecule has 2 atom stereocenters. The van der Waals surface area contributed by atoms with Crippen molar-refractivity contribution in [2.24, 2.45) is 5.16 Å². The summed E-state index contributed by atoms with van der Waals surface area (Å²) >= 11 is 1.04. The van der Waals surface area contributed by atoms with Gasteiger partial charge >= 0.3 is 45.8 Å².